The number of pyridine rings is 1. The van der Waals surface area contributed by atoms with E-state index in [9.17, 15) is 9.59 Å². The van der Waals surface area contributed by atoms with Gasteiger partial charge < -0.3 is 10.6 Å². The molecule has 0 aliphatic carbocycles. The van der Waals surface area contributed by atoms with Gasteiger partial charge in [-0.25, -0.2) is 4.79 Å². The smallest absolute Gasteiger partial charge is 0.321 e. The fourth-order valence-electron chi connectivity index (χ4n) is 1.15. The van der Waals surface area contributed by atoms with Crippen LogP contribution in [0.2, 0.25) is 0 Å². The van der Waals surface area contributed by atoms with Crippen LogP contribution in [0.25, 0.3) is 0 Å². The van der Waals surface area contributed by atoms with Gasteiger partial charge in [0.1, 0.15) is 0 Å². The zero-order valence-electron chi connectivity index (χ0n) is 9.86. The van der Waals surface area contributed by atoms with E-state index in [1.54, 1.807) is 19.3 Å². The third-order valence-corrected chi connectivity index (χ3v) is 2.19. The standard InChI is InChI=1S/C11H16N4O2/c1-8(10(16)15-11(17)12-2)14-7-9-4-3-5-13-6-9/h3-6,8,14H,7H2,1-2H3,(H2,12,15,16,17). The maximum absolute atomic E-state index is 11.5. The highest BCUT2D eigenvalue weighted by atomic mass is 16.2. The van der Waals surface area contributed by atoms with Gasteiger partial charge in [0.05, 0.1) is 6.04 Å². The lowest BCUT2D eigenvalue weighted by Gasteiger charge is -2.12. The molecule has 0 fully saturated rings. The van der Waals surface area contributed by atoms with Crippen LogP contribution in [0.3, 0.4) is 0 Å². The van der Waals surface area contributed by atoms with Crippen molar-refractivity contribution in [1.82, 2.24) is 20.9 Å². The first-order valence-electron chi connectivity index (χ1n) is 5.28. The molecule has 1 aromatic heterocycles. The summed E-state index contributed by atoms with van der Waals surface area (Å²) >= 11 is 0. The predicted octanol–water partition coefficient (Wildman–Crippen LogP) is 0.0153. The largest absolute Gasteiger partial charge is 0.341 e. The Labute approximate surface area is 99.8 Å². The molecule has 1 rings (SSSR count). The van der Waals surface area contributed by atoms with E-state index in [2.05, 4.69) is 20.9 Å². The van der Waals surface area contributed by atoms with Crippen molar-refractivity contribution < 1.29 is 9.59 Å². The number of hydrogen-bond donors (Lipinski definition) is 3. The summed E-state index contributed by atoms with van der Waals surface area (Å²) in [5.41, 5.74) is 0.979. The van der Waals surface area contributed by atoms with Crippen molar-refractivity contribution in [2.75, 3.05) is 7.05 Å². The number of nitrogens with one attached hydrogen (secondary N) is 3. The van der Waals surface area contributed by atoms with Gasteiger partial charge in [-0.05, 0) is 18.6 Å². The van der Waals surface area contributed by atoms with Crippen LogP contribution in [-0.2, 0) is 11.3 Å². The fraction of sp³-hybridized carbons (Fsp3) is 0.364. The molecule has 0 aliphatic heterocycles. The zero-order chi connectivity index (χ0) is 12.7. The van der Waals surface area contributed by atoms with Crippen LogP contribution >= 0.6 is 0 Å². The van der Waals surface area contributed by atoms with Gasteiger partial charge in [0.15, 0.2) is 0 Å². The minimum absolute atomic E-state index is 0.367. The first-order chi connectivity index (χ1) is 8.13. The maximum Gasteiger partial charge on any atom is 0.321 e. The Hall–Kier alpha value is -1.95. The molecule has 3 N–H and O–H groups in total. The number of carbonyl (C=O) groups excluding carboxylic acids is 2. The molecule has 6 nitrogen and oxygen atoms in total. The van der Waals surface area contributed by atoms with Crippen molar-refractivity contribution in [1.29, 1.82) is 0 Å². The first-order valence-corrected chi connectivity index (χ1v) is 5.28. The quantitative estimate of drug-likeness (QED) is 0.688. The molecule has 0 aromatic carbocycles. The Morgan fingerprint density at radius 1 is 1.47 bits per heavy atom. The second kappa shape index (κ2) is 6.59. The molecule has 6 heteroatoms. The molecule has 0 bridgehead atoms. The van der Waals surface area contributed by atoms with Gasteiger partial charge in [-0.15, -0.1) is 0 Å². The van der Waals surface area contributed by atoms with Crippen molar-refractivity contribution in [3.05, 3.63) is 30.1 Å². The van der Waals surface area contributed by atoms with Gasteiger partial charge in [0, 0.05) is 26.0 Å². The number of amides is 3. The minimum atomic E-state index is -0.509. The lowest BCUT2D eigenvalue weighted by molar-refractivity contribution is -0.121. The Balaban J connectivity index is 2.37. The molecule has 3 amide bonds. The van der Waals surface area contributed by atoms with Gasteiger partial charge >= 0.3 is 6.03 Å². The van der Waals surface area contributed by atoms with Crippen molar-refractivity contribution in [2.24, 2.45) is 0 Å². The summed E-state index contributed by atoms with van der Waals surface area (Å²) in [5, 5.41) is 7.51. The maximum atomic E-state index is 11.5. The molecule has 1 aromatic rings. The lowest BCUT2D eigenvalue weighted by Crippen LogP contribution is -2.47. The summed E-state index contributed by atoms with van der Waals surface area (Å²) in [4.78, 5) is 26.4. The van der Waals surface area contributed by atoms with Gasteiger partial charge in [-0.1, -0.05) is 6.07 Å². The molecule has 0 aliphatic rings. The highest BCUT2D eigenvalue weighted by Gasteiger charge is 2.14. The van der Waals surface area contributed by atoms with Gasteiger partial charge in [0.25, 0.3) is 0 Å². The van der Waals surface area contributed by atoms with Crippen LogP contribution in [0.4, 0.5) is 4.79 Å². The summed E-state index contributed by atoms with van der Waals surface area (Å²) < 4.78 is 0. The number of rotatable bonds is 4. The molecule has 0 saturated heterocycles. The van der Waals surface area contributed by atoms with Gasteiger partial charge in [-0.2, -0.15) is 0 Å². The lowest BCUT2D eigenvalue weighted by atomic mass is 10.2. The van der Waals surface area contributed by atoms with E-state index in [0.717, 1.165) is 5.56 Å². The highest BCUT2D eigenvalue weighted by Crippen LogP contribution is 1.95. The number of imide groups is 1. The van der Waals surface area contributed by atoms with Crippen LogP contribution in [0, 0.1) is 0 Å². The molecule has 0 saturated carbocycles. The second-order valence-corrected chi connectivity index (χ2v) is 3.53. The van der Waals surface area contributed by atoms with E-state index in [-0.39, 0.29) is 5.91 Å². The van der Waals surface area contributed by atoms with E-state index in [0.29, 0.717) is 6.54 Å². The molecular weight excluding hydrogens is 220 g/mol. The van der Waals surface area contributed by atoms with Crippen molar-refractivity contribution in [3.8, 4) is 0 Å². The van der Waals surface area contributed by atoms with Crippen molar-refractivity contribution in [2.45, 2.75) is 19.5 Å². The van der Waals surface area contributed by atoms with E-state index >= 15 is 0 Å². The SMILES string of the molecule is CNC(=O)NC(=O)C(C)NCc1cccnc1. The van der Waals surface area contributed by atoms with Crippen LogP contribution in [0.5, 0.6) is 0 Å². The number of nitrogens with zero attached hydrogens (tertiary/aromatic N) is 1. The van der Waals surface area contributed by atoms with Crippen LogP contribution < -0.4 is 16.0 Å². The monoisotopic (exact) mass is 236 g/mol. The minimum Gasteiger partial charge on any atom is -0.341 e. The number of hydrogen-bond acceptors (Lipinski definition) is 4. The highest BCUT2D eigenvalue weighted by molar-refractivity contribution is 5.96. The molecule has 17 heavy (non-hydrogen) atoms. The molecule has 1 heterocycles. The summed E-state index contributed by atoms with van der Waals surface area (Å²) in [6.07, 6.45) is 3.40. The summed E-state index contributed by atoms with van der Waals surface area (Å²) in [5.74, 6) is -0.367. The van der Waals surface area contributed by atoms with E-state index in [1.807, 2.05) is 12.1 Å². The van der Waals surface area contributed by atoms with Crippen molar-refractivity contribution in [3.63, 3.8) is 0 Å². The third-order valence-electron chi connectivity index (χ3n) is 2.19. The van der Waals surface area contributed by atoms with Gasteiger partial charge in [-0.3, -0.25) is 15.1 Å². The molecule has 92 valence electrons. The topological polar surface area (TPSA) is 83.1 Å². The van der Waals surface area contributed by atoms with E-state index in [4.69, 9.17) is 0 Å². The van der Waals surface area contributed by atoms with Crippen molar-refractivity contribution >= 4 is 11.9 Å². The molecule has 0 radical (unpaired) electrons. The van der Waals surface area contributed by atoms with Crippen LogP contribution in [0.1, 0.15) is 12.5 Å². The Morgan fingerprint density at radius 2 is 2.24 bits per heavy atom. The average molecular weight is 236 g/mol. The number of carbonyl (C=O) groups is 2. The zero-order valence-corrected chi connectivity index (χ0v) is 9.86. The summed E-state index contributed by atoms with van der Waals surface area (Å²) in [6.45, 7) is 2.21. The predicted molar refractivity (Wildman–Crippen MR) is 63.1 cm³/mol. The van der Waals surface area contributed by atoms with E-state index in [1.165, 1.54) is 7.05 Å². The Morgan fingerprint density at radius 3 is 2.82 bits per heavy atom. The molecule has 0 spiro atoms. The fourth-order valence-corrected chi connectivity index (χ4v) is 1.15. The molecule has 1 atom stereocenters. The molecular formula is C11H16N4O2. The number of aromatic nitrogens is 1. The van der Waals surface area contributed by atoms with Gasteiger partial charge in [0.2, 0.25) is 5.91 Å². The third kappa shape index (κ3) is 4.60. The number of urea groups is 1. The van der Waals surface area contributed by atoms with Crippen LogP contribution in [-0.4, -0.2) is 30.0 Å². The summed E-state index contributed by atoms with van der Waals surface area (Å²) in [7, 11) is 1.45. The first kappa shape index (κ1) is 13.1. The van der Waals surface area contributed by atoms with E-state index < -0.39 is 12.1 Å². The van der Waals surface area contributed by atoms with Crippen LogP contribution in [0.15, 0.2) is 24.5 Å². The summed E-state index contributed by atoms with van der Waals surface area (Å²) in [6, 6.07) is 2.77. The normalized spacial score (nSPS) is 11.6. The molecule has 1 unspecified atom stereocenters. The Bertz CT molecular complexity index is 380. The second-order valence-electron chi connectivity index (χ2n) is 3.53. The average Bonchev–Trinajstić information content (AvgIpc) is 2.36. The Kier molecular flexibility index (Phi) is 5.09.